The average molecular weight is 494 g/mol. The fourth-order valence-corrected chi connectivity index (χ4v) is 3.93. The summed E-state index contributed by atoms with van der Waals surface area (Å²) in [4.78, 5) is 17.3. The molecule has 7 nitrogen and oxygen atoms in total. The highest BCUT2D eigenvalue weighted by molar-refractivity contribution is 6.31. The number of amides is 1. The minimum Gasteiger partial charge on any atom is -0.497 e. The fourth-order valence-electron chi connectivity index (χ4n) is 3.68. The van der Waals surface area contributed by atoms with Crippen molar-refractivity contribution < 1.29 is 9.53 Å². The predicted octanol–water partition coefficient (Wildman–Crippen LogP) is 5.67. The fraction of sp³-hybridized carbons (Fsp3) is 0.0800. The Morgan fingerprint density at radius 3 is 2.44 bits per heavy atom. The predicted molar refractivity (Wildman–Crippen MR) is 136 cm³/mol. The smallest absolute Gasteiger partial charge is 0.258 e. The van der Waals surface area contributed by atoms with Crippen LogP contribution in [0.15, 0.2) is 84.9 Å². The van der Waals surface area contributed by atoms with Crippen molar-refractivity contribution in [3.05, 3.63) is 107 Å². The molecule has 0 bridgehead atoms. The Morgan fingerprint density at radius 1 is 1.03 bits per heavy atom. The molecule has 34 heavy (non-hydrogen) atoms. The first-order valence-corrected chi connectivity index (χ1v) is 10.7. The molecule has 0 saturated heterocycles. The second kappa shape index (κ2) is 9.99. The number of anilines is 2. The normalized spacial score (nSPS) is 14.2. The van der Waals surface area contributed by atoms with Crippen LogP contribution in [-0.2, 0) is 0 Å². The Kier molecular flexibility index (Phi) is 6.86. The van der Waals surface area contributed by atoms with Crippen LogP contribution in [-0.4, -0.2) is 27.8 Å². The molecule has 1 unspecified atom stereocenters. The molecule has 0 radical (unpaired) electrons. The Hall–Kier alpha value is -3.81. The quantitative estimate of drug-likeness (QED) is 0.374. The number of carbonyl (C=O) groups is 1. The van der Waals surface area contributed by atoms with Crippen molar-refractivity contribution in [2.24, 2.45) is 0 Å². The number of hydrogen-bond donors (Lipinski definition) is 2. The highest BCUT2D eigenvalue weighted by Crippen LogP contribution is 2.35. The lowest BCUT2D eigenvalue weighted by molar-refractivity contribution is 0.102. The number of rotatable bonds is 5. The first-order valence-electron chi connectivity index (χ1n) is 10.3. The topological polar surface area (TPSA) is 81.1 Å². The summed E-state index contributed by atoms with van der Waals surface area (Å²) in [5, 5.41) is 11.3. The third kappa shape index (κ3) is 4.62. The van der Waals surface area contributed by atoms with Gasteiger partial charge in [0.1, 0.15) is 11.8 Å². The summed E-state index contributed by atoms with van der Waals surface area (Å²) >= 11 is 6.52. The summed E-state index contributed by atoms with van der Waals surface area (Å²) in [7, 11) is 1.58. The maximum absolute atomic E-state index is 12.7. The average Bonchev–Trinajstić information content (AvgIpc) is 3.27. The van der Waals surface area contributed by atoms with E-state index in [0.29, 0.717) is 22.3 Å². The van der Waals surface area contributed by atoms with Crippen molar-refractivity contribution in [1.82, 2.24) is 14.8 Å². The molecule has 5 rings (SSSR count). The van der Waals surface area contributed by atoms with Crippen LogP contribution in [0.2, 0.25) is 5.02 Å². The van der Waals surface area contributed by atoms with Crippen molar-refractivity contribution in [3.8, 4) is 5.75 Å². The van der Waals surface area contributed by atoms with Gasteiger partial charge in [-0.05, 0) is 47.5 Å². The minimum atomic E-state index is -0.314. The van der Waals surface area contributed by atoms with Gasteiger partial charge in [0.05, 0.1) is 7.11 Å². The number of halogens is 2. The number of carbonyl (C=O) groups excluding carboxylic acids is 1. The Bertz CT molecular complexity index is 1340. The number of fused-ring (bicyclic) bond motifs is 1. The van der Waals surface area contributed by atoms with E-state index < -0.39 is 0 Å². The van der Waals surface area contributed by atoms with Gasteiger partial charge in [-0.1, -0.05) is 60.1 Å². The highest BCUT2D eigenvalue weighted by atomic mass is 35.5. The van der Waals surface area contributed by atoms with Crippen LogP contribution in [0.3, 0.4) is 0 Å². The van der Waals surface area contributed by atoms with E-state index in [1.165, 1.54) is 0 Å². The van der Waals surface area contributed by atoms with E-state index in [4.69, 9.17) is 16.3 Å². The molecule has 0 saturated carbocycles. The molecule has 172 valence electrons. The molecule has 2 heterocycles. The number of allylic oxidation sites excluding steroid dienone is 1. The van der Waals surface area contributed by atoms with Gasteiger partial charge >= 0.3 is 0 Å². The lowest BCUT2D eigenvalue weighted by atomic mass is 10.0. The van der Waals surface area contributed by atoms with Gasteiger partial charge < -0.3 is 10.1 Å². The molecule has 1 aliphatic rings. The summed E-state index contributed by atoms with van der Waals surface area (Å²) in [6, 6.07) is 24.1. The number of benzene rings is 3. The highest BCUT2D eigenvalue weighted by Gasteiger charge is 2.27. The van der Waals surface area contributed by atoms with Gasteiger partial charge in [-0.2, -0.15) is 4.98 Å². The van der Waals surface area contributed by atoms with Crippen LogP contribution in [0.1, 0.15) is 27.5 Å². The van der Waals surface area contributed by atoms with E-state index in [2.05, 4.69) is 20.7 Å². The molecule has 4 aromatic rings. The summed E-state index contributed by atoms with van der Waals surface area (Å²) in [5.74, 6) is 1.06. The maximum Gasteiger partial charge on any atom is 0.258 e. The third-order valence-corrected chi connectivity index (χ3v) is 5.70. The summed E-state index contributed by atoms with van der Waals surface area (Å²) in [5.41, 5.74) is 3.25. The summed E-state index contributed by atoms with van der Waals surface area (Å²) in [6.45, 7) is 0. The largest absolute Gasteiger partial charge is 0.497 e. The lowest BCUT2D eigenvalue weighted by Gasteiger charge is -2.24. The summed E-state index contributed by atoms with van der Waals surface area (Å²) < 4.78 is 6.87. The molecule has 0 aliphatic carbocycles. The van der Waals surface area contributed by atoms with Crippen molar-refractivity contribution in [3.63, 3.8) is 0 Å². The first kappa shape index (κ1) is 23.4. The molecule has 2 N–H and O–H groups in total. The van der Waals surface area contributed by atoms with Crippen molar-refractivity contribution in [2.75, 3.05) is 17.7 Å². The van der Waals surface area contributed by atoms with Crippen LogP contribution < -0.4 is 15.4 Å². The lowest BCUT2D eigenvalue weighted by Crippen LogP contribution is -2.20. The zero-order chi connectivity index (χ0) is 22.8. The minimum absolute atomic E-state index is 0. The van der Waals surface area contributed by atoms with Crippen molar-refractivity contribution in [2.45, 2.75) is 6.04 Å². The zero-order valence-electron chi connectivity index (χ0n) is 18.1. The van der Waals surface area contributed by atoms with Crippen LogP contribution in [0, 0.1) is 0 Å². The van der Waals surface area contributed by atoms with E-state index >= 15 is 0 Å². The van der Waals surface area contributed by atoms with Gasteiger partial charge in [0.25, 0.3) is 11.9 Å². The van der Waals surface area contributed by atoms with E-state index in [9.17, 15) is 4.79 Å². The van der Waals surface area contributed by atoms with Gasteiger partial charge in [-0.3, -0.25) is 10.1 Å². The standard InChI is InChI=1S/C25H20ClN5O2.ClH/c1-33-18-13-11-17(12-14-18)23(32)28-24-29-25-27-21(16-7-3-2-4-8-16)15-22(31(25)30-24)19-9-5-6-10-20(19)26;/h2-15,22H,1H3,(H2,27,28,29,30,32);1H. The summed E-state index contributed by atoms with van der Waals surface area (Å²) in [6.07, 6.45) is 2.05. The number of ether oxygens (including phenoxy) is 1. The van der Waals surface area contributed by atoms with Gasteiger partial charge in [0.15, 0.2) is 0 Å². The SMILES string of the molecule is COc1ccc(C(=O)Nc2nc3n(n2)C(c2ccccc2Cl)C=C(c2ccccc2)N3)cc1.Cl. The second-order valence-corrected chi connectivity index (χ2v) is 7.83. The van der Waals surface area contributed by atoms with Crippen LogP contribution in [0.4, 0.5) is 11.9 Å². The molecular formula is C25H21Cl2N5O2. The number of aromatic nitrogens is 3. The molecular weight excluding hydrogens is 473 g/mol. The van der Waals surface area contributed by atoms with Gasteiger partial charge in [0.2, 0.25) is 5.95 Å². The second-order valence-electron chi connectivity index (χ2n) is 7.42. The molecule has 0 spiro atoms. The number of nitrogens with zero attached hydrogens (tertiary/aromatic N) is 3. The van der Waals surface area contributed by atoms with Crippen molar-refractivity contribution >= 4 is 47.5 Å². The van der Waals surface area contributed by atoms with Crippen LogP contribution in [0.25, 0.3) is 5.70 Å². The van der Waals surface area contributed by atoms with E-state index in [1.54, 1.807) is 36.1 Å². The Labute approximate surface area is 207 Å². The van der Waals surface area contributed by atoms with E-state index in [1.807, 2.05) is 60.7 Å². The van der Waals surface area contributed by atoms with Crippen LogP contribution >= 0.6 is 24.0 Å². The monoisotopic (exact) mass is 493 g/mol. The maximum atomic E-state index is 12.7. The molecule has 1 atom stereocenters. The van der Waals surface area contributed by atoms with Crippen LogP contribution in [0.5, 0.6) is 5.75 Å². The number of methoxy groups -OCH3 is 1. The Balaban J connectivity index is 0.00000274. The third-order valence-electron chi connectivity index (χ3n) is 5.35. The molecule has 1 aliphatic heterocycles. The zero-order valence-corrected chi connectivity index (χ0v) is 19.7. The van der Waals surface area contributed by atoms with Gasteiger partial charge in [-0.25, -0.2) is 4.68 Å². The molecule has 1 aromatic heterocycles. The van der Waals surface area contributed by atoms with Crippen molar-refractivity contribution in [1.29, 1.82) is 0 Å². The first-order chi connectivity index (χ1) is 16.1. The van der Waals surface area contributed by atoms with E-state index in [-0.39, 0.29) is 30.3 Å². The molecule has 3 aromatic carbocycles. The van der Waals surface area contributed by atoms with Gasteiger partial charge in [-0.15, -0.1) is 17.5 Å². The molecule has 1 amide bonds. The van der Waals surface area contributed by atoms with Gasteiger partial charge in [0, 0.05) is 16.3 Å². The number of hydrogen-bond acceptors (Lipinski definition) is 5. The molecule has 9 heteroatoms. The molecule has 0 fully saturated rings. The number of nitrogens with one attached hydrogen (secondary N) is 2. The van der Waals surface area contributed by atoms with E-state index in [0.717, 1.165) is 16.8 Å². The Morgan fingerprint density at radius 2 is 1.74 bits per heavy atom.